The van der Waals surface area contributed by atoms with Crippen molar-refractivity contribution >= 4 is 39.1 Å². The molecule has 23 heavy (non-hydrogen) atoms. The Morgan fingerprint density at radius 3 is 2.87 bits per heavy atom. The average Bonchev–Trinajstić information content (AvgIpc) is 2.51. The molecule has 2 amide bonds. The van der Waals surface area contributed by atoms with Crippen LogP contribution in [0.4, 0.5) is 15.8 Å². The minimum Gasteiger partial charge on any atom is -0.479 e. The highest BCUT2D eigenvalue weighted by Gasteiger charge is 2.23. The van der Waals surface area contributed by atoms with Crippen molar-refractivity contribution in [2.45, 2.75) is 13.0 Å². The molecule has 5 nitrogen and oxygen atoms in total. The highest BCUT2D eigenvalue weighted by Crippen LogP contribution is 2.32. The monoisotopic (exact) mass is 378 g/mol. The maximum Gasteiger partial charge on any atom is 0.265 e. The van der Waals surface area contributed by atoms with Crippen LogP contribution in [-0.4, -0.2) is 17.9 Å². The minimum atomic E-state index is -0.564. The Labute approximate surface area is 140 Å². The van der Waals surface area contributed by atoms with Crippen molar-refractivity contribution < 1.29 is 18.7 Å². The zero-order valence-electron chi connectivity index (χ0n) is 12.0. The van der Waals surface area contributed by atoms with E-state index in [9.17, 15) is 14.0 Å². The summed E-state index contributed by atoms with van der Waals surface area (Å²) >= 11 is 3.21. The van der Waals surface area contributed by atoms with E-state index in [1.807, 2.05) is 0 Å². The number of hydrogen-bond acceptors (Lipinski definition) is 3. The molecule has 0 spiro atoms. The molecule has 3 rings (SSSR count). The lowest BCUT2D eigenvalue weighted by atomic mass is 10.1. The fraction of sp³-hybridized carbons (Fsp3) is 0.125. The fourth-order valence-electron chi connectivity index (χ4n) is 2.16. The summed E-state index contributed by atoms with van der Waals surface area (Å²) in [4.78, 5) is 23.9. The molecule has 1 heterocycles. The zero-order chi connectivity index (χ0) is 16.6. The normalized spacial score (nSPS) is 16.1. The molecule has 1 aliphatic rings. The second-order valence-corrected chi connectivity index (χ2v) is 5.89. The van der Waals surface area contributed by atoms with Crippen LogP contribution in [0.15, 0.2) is 40.9 Å². The summed E-state index contributed by atoms with van der Waals surface area (Å²) in [6, 6.07) is 8.75. The van der Waals surface area contributed by atoms with Crippen LogP contribution in [0, 0.1) is 5.82 Å². The Kier molecular flexibility index (Phi) is 4.04. The lowest BCUT2D eigenvalue weighted by Gasteiger charge is -2.23. The number of nitrogens with one attached hydrogen (secondary N) is 2. The number of carbonyl (C=O) groups excluding carboxylic acids is 2. The number of fused-ring (bicyclic) bond motifs is 1. The fourth-order valence-corrected chi connectivity index (χ4v) is 2.58. The smallest absolute Gasteiger partial charge is 0.265 e. The van der Waals surface area contributed by atoms with Gasteiger partial charge in [0.05, 0.1) is 11.3 Å². The molecule has 1 unspecified atom stereocenters. The summed E-state index contributed by atoms with van der Waals surface area (Å²) in [6.07, 6.45) is -0.564. The van der Waals surface area contributed by atoms with Gasteiger partial charge in [-0.1, -0.05) is 0 Å². The number of benzene rings is 2. The molecule has 0 bridgehead atoms. The van der Waals surface area contributed by atoms with E-state index in [4.69, 9.17) is 4.74 Å². The SMILES string of the molecule is CC1Oc2ccc(NC(=O)c3cc(F)ccc3Br)cc2NC1=O. The van der Waals surface area contributed by atoms with Crippen molar-refractivity contribution in [2.75, 3.05) is 10.6 Å². The van der Waals surface area contributed by atoms with Crippen LogP contribution in [-0.2, 0) is 4.79 Å². The minimum absolute atomic E-state index is 0.177. The van der Waals surface area contributed by atoms with Gasteiger partial charge in [0.25, 0.3) is 11.8 Å². The first-order valence-corrected chi connectivity index (χ1v) is 7.61. The first-order valence-electron chi connectivity index (χ1n) is 6.82. The van der Waals surface area contributed by atoms with Gasteiger partial charge in [-0.3, -0.25) is 9.59 Å². The number of carbonyl (C=O) groups is 2. The van der Waals surface area contributed by atoms with Crippen molar-refractivity contribution in [3.8, 4) is 5.75 Å². The molecular formula is C16H12BrFN2O3. The van der Waals surface area contributed by atoms with Gasteiger partial charge in [-0.15, -0.1) is 0 Å². The number of amides is 2. The molecule has 1 aliphatic heterocycles. The summed E-state index contributed by atoms with van der Waals surface area (Å²) in [6.45, 7) is 1.65. The Balaban J connectivity index is 1.84. The van der Waals surface area contributed by atoms with Crippen LogP contribution in [0.25, 0.3) is 0 Å². The molecule has 2 N–H and O–H groups in total. The third kappa shape index (κ3) is 3.19. The van der Waals surface area contributed by atoms with E-state index in [1.54, 1.807) is 25.1 Å². The lowest BCUT2D eigenvalue weighted by molar-refractivity contribution is -0.122. The molecule has 7 heteroatoms. The molecule has 2 aromatic carbocycles. The van der Waals surface area contributed by atoms with E-state index in [0.717, 1.165) is 6.07 Å². The van der Waals surface area contributed by atoms with E-state index < -0.39 is 17.8 Å². The van der Waals surface area contributed by atoms with Gasteiger partial charge in [-0.05, 0) is 59.3 Å². The van der Waals surface area contributed by atoms with E-state index in [0.29, 0.717) is 21.6 Å². The van der Waals surface area contributed by atoms with Gasteiger partial charge in [-0.2, -0.15) is 0 Å². The van der Waals surface area contributed by atoms with Crippen LogP contribution in [0.2, 0.25) is 0 Å². The maximum atomic E-state index is 13.3. The van der Waals surface area contributed by atoms with Gasteiger partial charge in [0, 0.05) is 10.2 Å². The topological polar surface area (TPSA) is 67.4 Å². The van der Waals surface area contributed by atoms with Gasteiger partial charge >= 0.3 is 0 Å². The highest BCUT2D eigenvalue weighted by molar-refractivity contribution is 9.10. The molecular weight excluding hydrogens is 367 g/mol. The third-order valence-electron chi connectivity index (χ3n) is 3.34. The van der Waals surface area contributed by atoms with Gasteiger partial charge in [0.1, 0.15) is 11.6 Å². The number of ether oxygens (including phenoxy) is 1. The van der Waals surface area contributed by atoms with Gasteiger partial charge in [0.15, 0.2) is 6.10 Å². The summed E-state index contributed by atoms with van der Waals surface area (Å²) in [5.74, 6) is -0.693. The molecule has 0 saturated carbocycles. The summed E-state index contributed by atoms with van der Waals surface area (Å²) in [5, 5.41) is 5.36. The van der Waals surface area contributed by atoms with Crippen molar-refractivity contribution in [2.24, 2.45) is 0 Å². The predicted molar refractivity (Wildman–Crippen MR) is 87.2 cm³/mol. The summed E-state index contributed by atoms with van der Waals surface area (Å²) in [5.41, 5.74) is 1.12. The molecule has 1 atom stereocenters. The second-order valence-electron chi connectivity index (χ2n) is 5.04. The first kappa shape index (κ1) is 15.5. The van der Waals surface area contributed by atoms with Crippen molar-refractivity contribution in [1.29, 1.82) is 0 Å². The van der Waals surface area contributed by atoms with Crippen molar-refractivity contribution in [3.05, 3.63) is 52.3 Å². The predicted octanol–water partition coefficient (Wildman–Crippen LogP) is 3.56. The molecule has 0 radical (unpaired) electrons. The molecule has 0 aromatic heterocycles. The van der Waals surface area contributed by atoms with Gasteiger partial charge in [-0.25, -0.2) is 4.39 Å². The van der Waals surface area contributed by atoms with Crippen LogP contribution in [0.5, 0.6) is 5.75 Å². The first-order chi connectivity index (χ1) is 10.9. The zero-order valence-corrected chi connectivity index (χ0v) is 13.6. The van der Waals surface area contributed by atoms with Crippen molar-refractivity contribution in [1.82, 2.24) is 0 Å². The lowest BCUT2D eigenvalue weighted by Crippen LogP contribution is -2.34. The van der Waals surface area contributed by atoms with E-state index >= 15 is 0 Å². The number of halogens is 2. The van der Waals surface area contributed by atoms with E-state index in [2.05, 4.69) is 26.6 Å². The molecule has 2 aromatic rings. The largest absolute Gasteiger partial charge is 0.479 e. The van der Waals surface area contributed by atoms with E-state index in [-0.39, 0.29) is 11.5 Å². The Morgan fingerprint density at radius 2 is 2.09 bits per heavy atom. The summed E-state index contributed by atoms with van der Waals surface area (Å²) in [7, 11) is 0. The van der Waals surface area contributed by atoms with Crippen LogP contribution in [0.1, 0.15) is 17.3 Å². The van der Waals surface area contributed by atoms with Gasteiger partial charge in [0.2, 0.25) is 0 Å². The average molecular weight is 379 g/mol. The molecule has 0 saturated heterocycles. The molecule has 118 valence electrons. The Hall–Kier alpha value is -2.41. The van der Waals surface area contributed by atoms with Crippen LogP contribution < -0.4 is 15.4 Å². The third-order valence-corrected chi connectivity index (χ3v) is 4.03. The number of hydrogen-bond donors (Lipinski definition) is 2. The standard InChI is InChI=1S/C16H12BrFN2O3/c1-8-15(21)20-13-7-10(3-5-14(13)23-8)19-16(22)11-6-9(18)2-4-12(11)17/h2-8H,1H3,(H,19,22)(H,20,21). The number of anilines is 2. The summed E-state index contributed by atoms with van der Waals surface area (Å²) < 4.78 is 19.2. The maximum absolute atomic E-state index is 13.3. The van der Waals surface area contributed by atoms with Crippen LogP contribution in [0.3, 0.4) is 0 Å². The van der Waals surface area contributed by atoms with E-state index in [1.165, 1.54) is 12.1 Å². The van der Waals surface area contributed by atoms with Crippen LogP contribution >= 0.6 is 15.9 Å². The van der Waals surface area contributed by atoms with Gasteiger partial charge < -0.3 is 15.4 Å². The van der Waals surface area contributed by atoms with Crippen molar-refractivity contribution in [3.63, 3.8) is 0 Å². The molecule has 0 aliphatic carbocycles. The Bertz CT molecular complexity index is 810. The molecule has 0 fully saturated rings. The quantitative estimate of drug-likeness (QED) is 0.839. The second kappa shape index (κ2) is 6.00. The Morgan fingerprint density at radius 1 is 1.30 bits per heavy atom. The highest BCUT2D eigenvalue weighted by atomic mass is 79.9. The number of rotatable bonds is 2.